The fourth-order valence-electron chi connectivity index (χ4n) is 3.73. The predicted molar refractivity (Wildman–Crippen MR) is 117 cm³/mol. The minimum absolute atomic E-state index is 0.0383. The van der Waals surface area contributed by atoms with Crippen LogP contribution in [-0.2, 0) is 16.1 Å². The van der Waals surface area contributed by atoms with Crippen molar-refractivity contribution in [1.29, 1.82) is 0 Å². The van der Waals surface area contributed by atoms with E-state index in [0.29, 0.717) is 37.6 Å². The SMILES string of the molecule is CC(C)OCc1c(C(=O)N2CCCC(CNC(=O)C(C)(C)C)C2)oc2ccccc12. The molecule has 3 rings (SSSR count). The summed E-state index contributed by atoms with van der Waals surface area (Å²) in [6.07, 6.45) is 1.98. The van der Waals surface area contributed by atoms with Crippen LogP contribution in [0.5, 0.6) is 0 Å². The number of para-hydroxylation sites is 1. The van der Waals surface area contributed by atoms with Gasteiger partial charge in [0.25, 0.3) is 5.91 Å². The van der Waals surface area contributed by atoms with E-state index < -0.39 is 5.41 Å². The van der Waals surface area contributed by atoms with Crippen LogP contribution in [0.3, 0.4) is 0 Å². The molecule has 1 fully saturated rings. The number of piperidine rings is 1. The van der Waals surface area contributed by atoms with E-state index in [4.69, 9.17) is 9.15 Å². The highest BCUT2D eigenvalue weighted by Gasteiger charge is 2.30. The summed E-state index contributed by atoms with van der Waals surface area (Å²) < 4.78 is 11.8. The van der Waals surface area contributed by atoms with E-state index in [2.05, 4.69) is 5.32 Å². The molecule has 30 heavy (non-hydrogen) atoms. The molecule has 2 heterocycles. The number of hydrogen-bond acceptors (Lipinski definition) is 4. The molecule has 1 aromatic heterocycles. The van der Waals surface area contributed by atoms with Crippen molar-refractivity contribution < 1.29 is 18.7 Å². The lowest BCUT2D eigenvalue weighted by molar-refractivity contribution is -0.128. The number of benzene rings is 1. The van der Waals surface area contributed by atoms with Gasteiger partial charge >= 0.3 is 0 Å². The van der Waals surface area contributed by atoms with Crippen molar-refractivity contribution >= 4 is 22.8 Å². The van der Waals surface area contributed by atoms with Gasteiger partial charge in [-0.1, -0.05) is 39.0 Å². The molecule has 1 aliphatic rings. The second kappa shape index (κ2) is 9.21. The van der Waals surface area contributed by atoms with Crippen molar-refractivity contribution in [3.05, 3.63) is 35.6 Å². The summed E-state index contributed by atoms with van der Waals surface area (Å²) in [5.41, 5.74) is 1.10. The summed E-state index contributed by atoms with van der Waals surface area (Å²) in [6, 6.07) is 7.70. The predicted octanol–water partition coefficient (Wildman–Crippen LogP) is 4.37. The third kappa shape index (κ3) is 5.22. The smallest absolute Gasteiger partial charge is 0.290 e. The summed E-state index contributed by atoms with van der Waals surface area (Å²) in [5, 5.41) is 3.96. The third-order valence-corrected chi connectivity index (χ3v) is 5.49. The van der Waals surface area contributed by atoms with Crippen LogP contribution < -0.4 is 5.32 Å². The Morgan fingerprint density at radius 3 is 2.70 bits per heavy atom. The van der Waals surface area contributed by atoms with E-state index in [1.165, 1.54) is 0 Å². The molecule has 1 aromatic carbocycles. The van der Waals surface area contributed by atoms with E-state index in [9.17, 15) is 9.59 Å². The number of amides is 2. The molecule has 0 aliphatic carbocycles. The topological polar surface area (TPSA) is 71.8 Å². The lowest BCUT2D eigenvalue weighted by Crippen LogP contribution is -2.45. The average Bonchev–Trinajstić information content (AvgIpc) is 3.08. The first kappa shape index (κ1) is 22.3. The van der Waals surface area contributed by atoms with Crippen LogP contribution in [-0.4, -0.2) is 42.5 Å². The third-order valence-electron chi connectivity index (χ3n) is 5.49. The number of fused-ring (bicyclic) bond motifs is 1. The molecule has 2 amide bonds. The Hall–Kier alpha value is -2.34. The maximum atomic E-state index is 13.4. The quantitative estimate of drug-likeness (QED) is 0.762. The van der Waals surface area contributed by atoms with Gasteiger partial charge in [-0.2, -0.15) is 0 Å². The van der Waals surface area contributed by atoms with Crippen molar-refractivity contribution in [2.75, 3.05) is 19.6 Å². The van der Waals surface area contributed by atoms with Gasteiger partial charge in [0.1, 0.15) is 5.58 Å². The molecular weight excluding hydrogens is 380 g/mol. The van der Waals surface area contributed by atoms with Gasteiger partial charge in [0, 0.05) is 36.0 Å². The van der Waals surface area contributed by atoms with Crippen molar-refractivity contribution in [1.82, 2.24) is 10.2 Å². The number of carbonyl (C=O) groups excluding carboxylic acids is 2. The van der Waals surface area contributed by atoms with Crippen LogP contribution in [0, 0.1) is 11.3 Å². The molecule has 0 bridgehead atoms. The van der Waals surface area contributed by atoms with Gasteiger partial charge < -0.3 is 19.4 Å². The molecule has 1 saturated heterocycles. The molecule has 6 heteroatoms. The Bertz CT molecular complexity index is 894. The van der Waals surface area contributed by atoms with Gasteiger partial charge in [0.05, 0.1) is 12.7 Å². The minimum atomic E-state index is -0.413. The highest BCUT2D eigenvalue weighted by Crippen LogP contribution is 2.29. The fraction of sp³-hybridized carbons (Fsp3) is 0.583. The minimum Gasteiger partial charge on any atom is -0.451 e. The molecule has 1 N–H and O–H groups in total. The number of furan rings is 1. The van der Waals surface area contributed by atoms with E-state index in [1.54, 1.807) is 0 Å². The van der Waals surface area contributed by atoms with Crippen LogP contribution in [0.2, 0.25) is 0 Å². The number of likely N-dealkylation sites (tertiary alicyclic amines) is 1. The van der Waals surface area contributed by atoms with E-state index in [1.807, 2.05) is 63.8 Å². The van der Waals surface area contributed by atoms with E-state index >= 15 is 0 Å². The van der Waals surface area contributed by atoms with E-state index in [0.717, 1.165) is 23.8 Å². The molecule has 0 spiro atoms. The summed E-state index contributed by atoms with van der Waals surface area (Å²) >= 11 is 0. The number of rotatable bonds is 6. The first-order valence-corrected chi connectivity index (χ1v) is 10.9. The normalized spacial score (nSPS) is 17.5. The molecule has 6 nitrogen and oxygen atoms in total. The number of nitrogens with one attached hydrogen (secondary N) is 1. The highest BCUT2D eigenvalue weighted by atomic mass is 16.5. The van der Waals surface area contributed by atoms with Gasteiger partial charge in [-0.3, -0.25) is 9.59 Å². The Labute approximate surface area is 178 Å². The monoisotopic (exact) mass is 414 g/mol. The lowest BCUT2D eigenvalue weighted by atomic mass is 9.94. The number of hydrogen-bond donors (Lipinski definition) is 1. The zero-order valence-corrected chi connectivity index (χ0v) is 18.8. The van der Waals surface area contributed by atoms with Crippen LogP contribution in [0.25, 0.3) is 11.0 Å². The lowest BCUT2D eigenvalue weighted by Gasteiger charge is -2.33. The van der Waals surface area contributed by atoms with Gasteiger partial charge in [0.2, 0.25) is 5.91 Å². The number of nitrogens with zero attached hydrogens (tertiary/aromatic N) is 1. The highest BCUT2D eigenvalue weighted by molar-refractivity contribution is 5.99. The molecule has 0 saturated carbocycles. The molecule has 2 aromatic rings. The second-order valence-corrected chi connectivity index (χ2v) is 9.49. The van der Waals surface area contributed by atoms with Gasteiger partial charge in [-0.15, -0.1) is 0 Å². The summed E-state index contributed by atoms with van der Waals surface area (Å²) in [7, 11) is 0. The first-order chi connectivity index (χ1) is 14.2. The Balaban J connectivity index is 1.74. The van der Waals surface area contributed by atoms with Crippen LogP contribution in [0.1, 0.15) is 63.6 Å². The second-order valence-electron chi connectivity index (χ2n) is 9.49. The Morgan fingerprint density at radius 1 is 1.27 bits per heavy atom. The maximum Gasteiger partial charge on any atom is 0.290 e. The molecule has 1 aliphatic heterocycles. The summed E-state index contributed by atoms with van der Waals surface area (Å²) in [4.78, 5) is 27.4. The van der Waals surface area contributed by atoms with Crippen LogP contribution in [0.15, 0.2) is 28.7 Å². The molecule has 1 atom stereocenters. The fourth-order valence-corrected chi connectivity index (χ4v) is 3.73. The van der Waals surface area contributed by atoms with Gasteiger partial charge in [0.15, 0.2) is 5.76 Å². The summed E-state index contributed by atoms with van der Waals surface area (Å²) in [6.45, 7) is 11.9. The first-order valence-electron chi connectivity index (χ1n) is 10.9. The molecule has 0 radical (unpaired) electrons. The van der Waals surface area contributed by atoms with Crippen LogP contribution in [0.4, 0.5) is 0 Å². The van der Waals surface area contributed by atoms with Crippen molar-refractivity contribution in [2.45, 2.75) is 60.2 Å². The van der Waals surface area contributed by atoms with Gasteiger partial charge in [-0.05, 0) is 38.7 Å². The zero-order valence-electron chi connectivity index (χ0n) is 18.8. The zero-order chi connectivity index (χ0) is 21.9. The standard InChI is InChI=1S/C24H34N2O4/c1-16(2)29-15-19-18-10-6-7-11-20(18)30-21(19)22(27)26-12-8-9-17(14-26)13-25-23(28)24(3,4)5/h6-7,10-11,16-17H,8-9,12-15H2,1-5H3,(H,25,28). The van der Waals surface area contributed by atoms with Crippen molar-refractivity contribution in [2.24, 2.45) is 11.3 Å². The summed E-state index contributed by atoms with van der Waals surface area (Å²) in [5.74, 6) is 0.557. The molecular formula is C24H34N2O4. The molecule has 164 valence electrons. The van der Waals surface area contributed by atoms with Crippen molar-refractivity contribution in [3.63, 3.8) is 0 Å². The number of ether oxygens (including phenoxy) is 1. The Morgan fingerprint density at radius 2 is 2.00 bits per heavy atom. The van der Waals surface area contributed by atoms with Crippen molar-refractivity contribution in [3.8, 4) is 0 Å². The largest absolute Gasteiger partial charge is 0.451 e. The Kier molecular flexibility index (Phi) is 6.86. The van der Waals surface area contributed by atoms with Gasteiger partial charge in [-0.25, -0.2) is 0 Å². The molecule has 1 unspecified atom stereocenters. The number of carbonyl (C=O) groups is 2. The van der Waals surface area contributed by atoms with E-state index in [-0.39, 0.29) is 23.8 Å². The average molecular weight is 415 g/mol. The maximum absolute atomic E-state index is 13.4. The van der Waals surface area contributed by atoms with Crippen LogP contribution >= 0.6 is 0 Å².